The van der Waals surface area contributed by atoms with Crippen LogP contribution >= 0.6 is 0 Å². The van der Waals surface area contributed by atoms with E-state index in [0.717, 1.165) is 22.7 Å². The Hall–Kier alpha value is -1.83. The summed E-state index contributed by atoms with van der Waals surface area (Å²) < 4.78 is 5.11. The molecule has 2 aromatic rings. The van der Waals surface area contributed by atoms with E-state index in [1.54, 1.807) is 7.11 Å². The molecule has 2 rings (SSSR count). The molecule has 0 fully saturated rings. The van der Waals surface area contributed by atoms with Gasteiger partial charge in [-0.05, 0) is 43.3 Å². The summed E-state index contributed by atoms with van der Waals surface area (Å²) in [4.78, 5) is 4.46. The summed E-state index contributed by atoms with van der Waals surface area (Å²) in [6.07, 6.45) is 0. The lowest BCUT2D eigenvalue weighted by molar-refractivity contribution is 0.415. The van der Waals surface area contributed by atoms with Crippen molar-refractivity contribution in [2.24, 2.45) is 0 Å². The maximum absolute atomic E-state index is 5.11. The molecule has 0 saturated heterocycles. The quantitative estimate of drug-likeness (QED) is 0.741. The fraction of sp³-hybridized carbons (Fsp3) is 0.154. The molecule has 1 aromatic carbocycles. The third-order valence-corrected chi connectivity index (χ3v) is 2.27. The Morgan fingerprint density at radius 2 is 1.73 bits per heavy atom. The Balaban J connectivity index is 2.37. The number of hydrogen-bond donors (Lipinski definition) is 0. The summed E-state index contributed by atoms with van der Waals surface area (Å²) in [5, 5.41) is 0. The first-order chi connectivity index (χ1) is 7.29. The van der Waals surface area contributed by atoms with E-state index in [9.17, 15) is 0 Å². The van der Waals surface area contributed by atoms with E-state index >= 15 is 0 Å². The van der Waals surface area contributed by atoms with Crippen molar-refractivity contribution in [2.45, 2.75) is 6.92 Å². The van der Waals surface area contributed by atoms with Gasteiger partial charge in [0.05, 0.1) is 12.8 Å². The minimum atomic E-state index is 0.867. The third-order valence-electron chi connectivity index (χ3n) is 2.27. The standard InChI is InChI=1S/C13H13NO/c1-10-4-3-5-13(14-10)11-6-8-12(15-2)9-7-11/h3-9H,1-2H3. The SMILES string of the molecule is COc1ccc(-c2cccc(C)n2)cc1. The Kier molecular flexibility index (Phi) is 2.68. The second kappa shape index (κ2) is 4.13. The number of aryl methyl sites for hydroxylation is 1. The van der Waals surface area contributed by atoms with Crippen molar-refractivity contribution in [3.8, 4) is 17.0 Å². The Morgan fingerprint density at radius 1 is 1.00 bits per heavy atom. The fourth-order valence-electron chi connectivity index (χ4n) is 1.47. The molecule has 0 atom stereocenters. The van der Waals surface area contributed by atoms with Crippen LogP contribution in [0.5, 0.6) is 5.75 Å². The lowest BCUT2D eigenvalue weighted by Gasteiger charge is -2.03. The van der Waals surface area contributed by atoms with E-state index in [0.29, 0.717) is 0 Å². The number of pyridine rings is 1. The monoisotopic (exact) mass is 199 g/mol. The van der Waals surface area contributed by atoms with E-state index in [4.69, 9.17) is 4.74 Å². The molecule has 1 heterocycles. The van der Waals surface area contributed by atoms with Crippen molar-refractivity contribution >= 4 is 0 Å². The lowest BCUT2D eigenvalue weighted by Crippen LogP contribution is -1.86. The van der Waals surface area contributed by atoms with Gasteiger partial charge in [-0.1, -0.05) is 6.07 Å². The average molecular weight is 199 g/mol. The van der Waals surface area contributed by atoms with Gasteiger partial charge in [0.25, 0.3) is 0 Å². The number of ether oxygens (including phenoxy) is 1. The van der Waals surface area contributed by atoms with E-state index < -0.39 is 0 Å². The molecule has 15 heavy (non-hydrogen) atoms. The highest BCUT2D eigenvalue weighted by atomic mass is 16.5. The lowest BCUT2D eigenvalue weighted by atomic mass is 10.1. The van der Waals surface area contributed by atoms with E-state index in [1.807, 2.05) is 49.4 Å². The summed E-state index contributed by atoms with van der Waals surface area (Å²) in [6, 6.07) is 13.9. The van der Waals surface area contributed by atoms with Crippen molar-refractivity contribution in [3.05, 3.63) is 48.2 Å². The van der Waals surface area contributed by atoms with Crippen LogP contribution in [0.25, 0.3) is 11.3 Å². The Morgan fingerprint density at radius 3 is 2.33 bits per heavy atom. The van der Waals surface area contributed by atoms with Gasteiger partial charge < -0.3 is 4.74 Å². The van der Waals surface area contributed by atoms with Crippen LogP contribution in [0.2, 0.25) is 0 Å². The molecule has 0 N–H and O–H groups in total. The number of hydrogen-bond acceptors (Lipinski definition) is 2. The van der Waals surface area contributed by atoms with Gasteiger partial charge in [0.2, 0.25) is 0 Å². The zero-order valence-electron chi connectivity index (χ0n) is 8.90. The van der Waals surface area contributed by atoms with Gasteiger partial charge in [-0.3, -0.25) is 4.98 Å². The number of rotatable bonds is 2. The molecule has 1 aromatic heterocycles. The highest BCUT2D eigenvalue weighted by Crippen LogP contribution is 2.20. The van der Waals surface area contributed by atoms with Gasteiger partial charge in [0, 0.05) is 11.3 Å². The number of methoxy groups -OCH3 is 1. The van der Waals surface area contributed by atoms with Gasteiger partial charge in [-0.25, -0.2) is 0 Å². The van der Waals surface area contributed by atoms with E-state index in [-0.39, 0.29) is 0 Å². The molecule has 0 bridgehead atoms. The third kappa shape index (κ3) is 2.15. The minimum absolute atomic E-state index is 0.867. The van der Waals surface area contributed by atoms with Gasteiger partial charge in [-0.2, -0.15) is 0 Å². The number of aromatic nitrogens is 1. The van der Waals surface area contributed by atoms with Crippen LogP contribution < -0.4 is 4.74 Å². The normalized spacial score (nSPS) is 10.0. The van der Waals surface area contributed by atoms with Gasteiger partial charge in [-0.15, -0.1) is 0 Å². The van der Waals surface area contributed by atoms with Crippen LogP contribution in [-0.4, -0.2) is 12.1 Å². The number of nitrogens with zero attached hydrogens (tertiary/aromatic N) is 1. The summed E-state index contributed by atoms with van der Waals surface area (Å²) in [5.74, 6) is 0.867. The summed E-state index contributed by atoms with van der Waals surface area (Å²) in [5.41, 5.74) is 3.14. The van der Waals surface area contributed by atoms with Crippen LogP contribution in [0.4, 0.5) is 0 Å². The molecule has 0 spiro atoms. The first-order valence-electron chi connectivity index (χ1n) is 4.87. The Labute approximate surface area is 89.6 Å². The van der Waals surface area contributed by atoms with Gasteiger partial charge >= 0.3 is 0 Å². The number of benzene rings is 1. The van der Waals surface area contributed by atoms with Gasteiger partial charge in [0.1, 0.15) is 5.75 Å². The molecule has 0 aliphatic heterocycles. The first kappa shape index (κ1) is 9.71. The zero-order chi connectivity index (χ0) is 10.7. The predicted octanol–water partition coefficient (Wildman–Crippen LogP) is 3.07. The molecule has 2 heteroatoms. The maximum Gasteiger partial charge on any atom is 0.118 e. The van der Waals surface area contributed by atoms with E-state index in [1.165, 1.54) is 0 Å². The average Bonchev–Trinajstić information content (AvgIpc) is 2.29. The molecule has 0 saturated carbocycles. The van der Waals surface area contributed by atoms with E-state index in [2.05, 4.69) is 4.98 Å². The minimum Gasteiger partial charge on any atom is -0.497 e. The fourth-order valence-corrected chi connectivity index (χ4v) is 1.47. The molecule has 2 nitrogen and oxygen atoms in total. The smallest absolute Gasteiger partial charge is 0.118 e. The molecule has 0 amide bonds. The van der Waals surface area contributed by atoms with Crippen molar-refractivity contribution in [3.63, 3.8) is 0 Å². The van der Waals surface area contributed by atoms with Crippen molar-refractivity contribution in [1.82, 2.24) is 4.98 Å². The molecule has 0 radical (unpaired) electrons. The summed E-state index contributed by atoms with van der Waals surface area (Å²) >= 11 is 0. The van der Waals surface area contributed by atoms with Crippen LogP contribution in [0.3, 0.4) is 0 Å². The largest absolute Gasteiger partial charge is 0.497 e. The maximum atomic E-state index is 5.11. The zero-order valence-corrected chi connectivity index (χ0v) is 8.90. The molecule has 76 valence electrons. The summed E-state index contributed by atoms with van der Waals surface area (Å²) in [7, 11) is 1.67. The van der Waals surface area contributed by atoms with Crippen molar-refractivity contribution < 1.29 is 4.74 Å². The van der Waals surface area contributed by atoms with Crippen molar-refractivity contribution in [2.75, 3.05) is 7.11 Å². The summed E-state index contributed by atoms with van der Waals surface area (Å²) in [6.45, 7) is 1.99. The molecular weight excluding hydrogens is 186 g/mol. The van der Waals surface area contributed by atoms with Crippen LogP contribution in [0, 0.1) is 6.92 Å². The molecular formula is C13H13NO. The van der Waals surface area contributed by atoms with Crippen LogP contribution in [0.15, 0.2) is 42.5 Å². The second-order valence-electron chi connectivity index (χ2n) is 3.39. The van der Waals surface area contributed by atoms with Crippen molar-refractivity contribution in [1.29, 1.82) is 0 Å². The highest BCUT2D eigenvalue weighted by Gasteiger charge is 1.99. The molecule has 0 unspecified atom stereocenters. The molecule has 0 aliphatic rings. The predicted molar refractivity (Wildman–Crippen MR) is 61.0 cm³/mol. The van der Waals surface area contributed by atoms with Crippen LogP contribution in [0.1, 0.15) is 5.69 Å². The van der Waals surface area contributed by atoms with Gasteiger partial charge in [0.15, 0.2) is 0 Å². The second-order valence-corrected chi connectivity index (χ2v) is 3.39. The topological polar surface area (TPSA) is 22.1 Å². The Bertz CT molecular complexity index is 448. The van der Waals surface area contributed by atoms with Crippen LogP contribution in [-0.2, 0) is 0 Å². The highest BCUT2D eigenvalue weighted by molar-refractivity contribution is 5.60. The first-order valence-corrected chi connectivity index (χ1v) is 4.87. The molecule has 0 aliphatic carbocycles.